The summed E-state index contributed by atoms with van der Waals surface area (Å²) in [5.74, 6) is -1.44. The van der Waals surface area contributed by atoms with Crippen molar-refractivity contribution in [2.45, 2.75) is 218 Å². The molecule has 0 heterocycles. The number of nitrogens with one attached hydrogen (secondary N) is 1. The smallest absolute Gasteiger partial charge is 0.266 e. The summed E-state index contributed by atoms with van der Waals surface area (Å²) in [5, 5.41) is 23.4. The minimum atomic E-state index is -4.39. The van der Waals surface area contributed by atoms with Gasteiger partial charge in [0.1, 0.15) is 6.10 Å². The molecule has 0 fully saturated rings. The largest absolute Gasteiger partial charge is 0.391 e. The molecule has 4 N–H and O–H groups in total. The maximum atomic E-state index is 12.5. The van der Waals surface area contributed by atoms with Crippen LogP contribution in [0, 0.1) is 0 Å². The summed E-state index contributed by atoms with van der Waals surface area (Å²) in [6.45, 7) is 4.48. The summed E-state index contributed by atoms with van der Waals surface area (Å²) in [5.41, 5.74) is 0. The van der Waals surface area contributed by atoms with Crippen LogP contribution >= 0.6 is 0 Å². The lowest BCUT2D eigenvalue weighted by molar-refractivity contribution is -0.131. The van der Waals surface area contributed by atoms with Crippen LogP contribution in [0.3, 0.4) is 0 Å². The zero-order chi connectivity index (χ0) is 32.7. The molecule has 0 saturated carbocycles. The molecule has 0 aromatic carbocycles. The summed E-state index contributed by atoms with van der Waals surface area (Å²) in [7, 11) is -4.39. The van der Waals surface area contributed by atoms with Crippen molar-refractivity contribution >= 4 is 16.0 Å². The molecule has 264 valence electrons. The van der Waals surface area contributed by atoms with Crippen LogP contribution in [0.15, 0.2) is 0 Å². The van der Waals surface area contributed by atoms with Crippen LogP contribution in [-0.4, -0.2) is 53.1 Å². The van der Waals surface area contributed by atoms with Gasteiger partial charge in [0, 0.05) is 0 Å². The average molecular weight is 648 g/mol. The first-order valence-electron chi connectivity index (χ1n) is 18.8. The Labute approximate surface area is 272 Å². The van der Waals surface area contributed by atoms with E-state index in [0.29, 0.717) is 12.8 Å². The van der Waals surface area contributed by atoms with Crippen molar-refractivity contribution in [1.82, 2.24) is 5.32 Å². The van der Waals surface area contributed by atoms with Crippen molar-refractivity contribution in [1.29, 1.82) is 0 Å². The molecular formula is C36H73NO6S. The van der Waals surface area contributed by atoms with Crippen LogP contribution < -0.4 is 5.32 Å². The highest BCUT2D eigenvalue weighted by Crippen LogP contribution is 2.16. The van der Waals surface area contributed by atoms with E-state index in [9.17, 15) is 28.0 Å². The highest BCUT2D eigenvalue weighted by atomic mass is 32.2. The second-order valence-electron chi connectivity index (χ2n) is 13.4. The highest BCUT2D eigenvalue weighted by Gasteiger charge is 2.28. The van der Waals surface area contributed by atoms with E-state index in [4.69, 9.17) is 0 Å². The Morgan fingerprint density at radius 1 is 0.523 bits per heavy atom. The molecule has 0 spiro atoms. The molecule has 0 radical (unpaired) electrons. The fourth-order valence-corrected chi connectivity index (χ4v) is 6.75. The van der Waals surface area contributed by atoms with Crippen molar-refractivity contribution < 1.29 is 28.0 Å². The molecule has 0 aliphatic heterocycles. The van der Waals surface area contributed by atoms with Crippen LogP contribution in [0.25, 0.3) is 0 Å². The lowest BCUT2D eigenvalue weighted by Crippen LogP contribution is -2.50. The number of rotatable bonds is 34. The first-order valence-corrected chi connectivity index (χ1v) is 20.4. The second-order valence-corrected chi connectivity index (χ2v) is 14.9. The Kier molecular flexibility index (Phi) is 30.4. The van der Waals surface area contributed by atoms with Gasteiger partial charge < -0.3 is 15.5 Å². The molecule has 0 aliphatic rings. The van der Waals surface area contributed by atoms with Crippen LogP contribution in [0.1, 0.15) is 200 Å². The van der Waals surface area contributed by atoms with Crippen molar-refractivity contribution in [2.24, 2.45) is 0 Å². The van der Waals surface area contributed by atoms with Gasteiger partial charge in [-0.25, -0.2) is 0 Å². The molecule has 1 amide bonds. The van der Waals surface area contributed by atoms with Crippen molar-refractivity contribution in [3.05, 3.63) is 0 Å². The fourth-order valence-electron chi connectivity index (χ4n) is 5.99. The highest BCUT2D eigenvalue weighted by molar-refractivity contribution is 7.85. The lowest BCUT2D eigenvalue weighted by Gasteiger charge is -2.24. The van der Waals surface area contributed by atoms with Crippen molar-refractivity contribution in [2.75, 3.05) is 5.75 Å². The number of hydrogen-bond acceptors (Lipinski definition) is 5. The Morgan fingerprint density at radius 2 is 0.818 bits per heavy atom. The third-order valence-corrected chi connectivity index (χ3v) is 9.70. The van der Waals surface area contributed by atoms with Gasteiger partial charge >= 0.3 is 0 Å². The van der Waals surface area contributed by atoms with Crippen LogP contribution in [0.2, 0.25) is 0 Å². The third-order valence-electron chi connectivity index (χ3n) is 8.92. The van der Waals surface area contributed by atoms with E-state index in [-0.39, 0.29) is 0 Å². The number of amides is 1. The van der Waals surface area contributed by atoms with Gasteiger partial charge in [-0.15, -0.1) is 0 Å². The summed E-state index contributed by atoms with van der Waals surface area (Å²) >= 11 is 0. The molecule has 3 unspecified atom stereocenters. The molecule has 3 atom stereocenters. The summed E-state index contributed by atoms with van der Waals surface area (Å²) in [6, 6.07) is -1.14. The fraction of sp³-hybridized carbons (Fsp3) is 0.972. The quantitative estimate of drug-likeness (QED) is 0.0407. The summed E-state index contributed by atoms with van der Waals surface area (Å²) in [4.78, 5) is 12.5. The van der Waals surface area contributed by atoms with Crippen LogP contribution in [0.5, 0.6) is 0 Å². The van der Waals surface area contributed by atoms with Gasteiger partial charge in [0.25, 0.3) is 10.1 Å². The van der Waals surface area contributed by atoms with E-state index in [0.717, 1.165) is 44.9 Å². The molecule has 0 aromatic heterocycles. The van der Waals surface area contributed by atoms with Gasteiger partial charge in [0.05, 0.1) is 17.9 Å². The SMILES string of the molecule is CCCCCCCCCCCCCCCCCCCC(O)C(=O)NC(CS(=O)(=O)O)C(O)CCCCCCCCCCCC. The predicted octanol–water partition coefficient (Wildman–Crippen LogP) is 9.43. The Morgan fingerprint density at radius 3 is 1.14 bits per heavy atom. The molecule has 0 saturated heterocycles. The van der Waals surface area contributed by atoms with E-state index in [2.05, 4.69) is 19.2 Å². The zero-order valence-corrected chi connectivity index (χ0v) is 29.7. The van der Waals surface area contributed by atoms with Gasteiger partial charge in [-0.05, 0) is 12.8 Å². The number of carbonyl (C=O) groups is 1. The van der Waals surface area contributed by atoms with Gasteiger partial charge in [-0.2, -0.15) is 8.42 Å². The van der Waals surface area contributed by atoms with Gasteiger partial charge in [0.2, 0.25) is 5.91 Å². The number of hydrogen-bond donors (Lipinski definition) is 4. The lowest BCUT2D eigenvalue weighted by atomic mass is 10.0. The maximum Gasteiger partial charge on any atom is 0.266 e. The molecule has 0 bridgehead atoms. The second kappa shape index (κ2) is 30.9. The number of carbonyl (C=O) groups excluding carboxylic acids is 1. The monoisotopic (exact) mass is 648 g/mol. The number of aliphatic hydroxyl groups excluding tert-OH is 2. The van der Waals surface area contributed by atoms with Crippen molar-refractivity contribution in [3.63, 3.8) is 0 Å². The average Bonchev–Trinajstić information content (AvgIpc) is 2.98. The summed E-state index contributed by atoms with van der Waals surface area (Å²) in [6.07, 6.45) is 31.3. The van der Waals surface area contributed by atoms with Gasteiger partial charge in [-0.3, -0.25) is 9.35 Å². The van der Waals surface area contributed by atoms with E-state index in [1.807, 2.05) is 0 Å². The topological polar surface area (TPSA) is 124 Å². The zero-order valence-electron chi connectivity index (χ0n) is 28.9. The Bertz CT molecular complexity index is 732. The maximum absolute atomic E-state index is 12.5. The molecule has 0 aromatic rings. The van der Waals surface area contributed by atoms with Crippen LogP contribution in [-0.2, 0) is 14.9 Å². The van der Waals surface area contributed by atoms with Gasteiger partial charge in [0.15, 0.2) is 0 Å². The molecule has 8 heteroatoms. The molecule has 44 heavy (non-hydrogen) atoms. The molecular weight excluding hydrogens is 574 g/mol. The molecule has 0 rings (SSSR count). The normalized spacial score (nSPS) is 14.0. The minimum absolute atomic E-state index is 0.303. The Hall–Kier alpha value is -0.700. The first-order chi connectivity index (χ1) is 21.2. The van der Waals surface area contributed by atoms with Crippen molar-refractivity contribution in [3.8, 4) is 0 Å². The van der Waals surface area contributed by atoms with Gasteiger partial charge in [-0.1, -0.05) is 187 Å². The standard InChI is InChI=1S/C36H73NO6S/c1-3-5-7-9-11-13-15-16-17-18-19-20-21-23-25-27-29-31-35(39)36(40)37-33(32-44(41,42)43)34(38)30-28-26-24-22-14-12-10-8-6-4-2/h33-35,38-39H,3-32H2,1-2H3,(H,37,40)(H,41,42,43). The predicted molar refractivity (Wildman–Crippen MR) is 186 cm³/mol. The van der Waals surface area contributed by atoms with E-state index < -0.39 is 40.0 Å². The van der Waals surface area contributed by atoms with E-state index in [1.54, 1.807) is 0 Å². The third kappa shape index (κ3) is 30.0. The number of aliphatic hydroxyl groups is 2. The van der Waals surface area contributed by atoms with E-state index >= 15 is 0 Å². The summed E-state index contributed by atoms with van der Waals surface area (Å²) < 4.78 is 32.4. The van der Waals surface area contributed by atoms with E-state index in [1.165, 1.54) is 128 Å². The Balaban J connectivity index is 3.96. The molecule has 7 nitrogen and oxygen atoms in total. The molecule has 0 aliphatic carbocycles. The minimum Gasteiger partial charge on any atom is -0.391 e. The van der Waals surface area contributed by atoms with Crippen LogP contribution in [0.4, 0.5) is 0 Å². The first kappa shape index (κ1) is 43.3. The number of unbranched alkanes of at least 4 members (excludes halogenated alkanes) is 25.